The van der Waals surface area contributed by atoms with E-state index in [1.165, 1.54) is 6.33 Å². The van der Waals surface area contributed by atoms with Crippen molar-refractivity contribution in [2.24, 2.45) is 0 Å². The summed E-state index contributed by atoms with van der Waals surface area (Å²) in [5.41, 5.74) is 2.16. The second-order valence-electron chi connectivity index (χ2n) is 3.85. The lowest BCUT2D eigenvalue weighted by molar-refractivity contribution is 0.587. The van der Waals surface area contributed by atoms with Gasteiger partial charge in [-0.15, -0.1) is 0 Å². The molecule has 0 saturated carbocycles. The molecule has 0 bridgehead atoms. The van der Waals surface area contributed by atoms with E-state index < -0.39 is 9.84 Å². The van der Waals surface area contributed by atoms with Crippen molar-refractivity contribution in [3.05, 3.63) is 41.7 Å². The quantitative estimate of drug-likeness (QED) is 0.883. The molecule has 0 aliphatic carbocycles. The van der Waals surface area contributed by atoms with Gasteiger partial charge in [0.25, 0.3) is 0 Å². The molecule has 6 heteroatoms. The highest BCUT2D eigenvalue weighted by molar-refractivity contribution is 7.91. The number of aromatic nitrogens is 3. The SMILES string of the molecule is Cc1ccc(CCS(=O)(=O)c2ncn[nH]2)cc1. The van der Waals surface area contributed by atoms with Crippen LogP contribution in [0.3, 0.4) is 0 Å². The third-order valence-corrected chi connectivity index (χ3v) is 4.00. The maximum absolute atomic E-state index is 11.8. The zero-order valence-electron chi connectivity index (χ0n) is 9.42. The third kappa shape index (κ3) is 2.91. The second kappa shape index (κ2) is 4.67. The summed E-state index contributed by atoms with van der Waals surface area (Å²) in [6, 6.07) is 7.81. The summed E-state index contributed by atoms with van der Waals surface area (Å²) in [6.07, 6.45) is 1.67. The number of H-pyrrole nitrogens is 1. The van der Waals surface area contributed by atoms with Crippen molar-refractivity contribution in [1.82, 2.24) is 15.2 Å². The number of hydrogen-bond donors (Lipinski definition) is 1. The maximum atomic E-state index is 11.8. The molecular weight excluding hydrogens is 238 g/mol. The molecule has 5 nitrogen and oxygen atoms in total. The molecule has 0 unspecified atom stereocenters. The molecule has 0 saturated heterocycles. The molecule has 1 heterocycles. The summed E-state index contributed by atoms with van der Waals surface area (Å²) >= 11 is 0. The van der Waals surface area contributed by atoms with Gasteiger partial charge in [-0.2, -0.15) is 5.10 Å². The van der Waals surface area contributed by atoms with Gasteiger partial charge in [0, 0.05) is 0 Å². The molecule has 0 spiro atoms. The third-order valence-electron chi connectivity index (χ3n) is 2.47. The highest BCUT2D eigenvalue weighted by Gasteiger charge is 2.17. The Balaban J connectivity index is 2.06. The van der Waals surface area contributed by atoms with Crippen LogP contribution in [-0.4, -0.2) is 29.4 Å². The molecule has 0 aliphatic rings. The lowest BCUT2D eigenvalue weighted by Crippen LogP contribution is -2.11. The van der Waals surface area contributed by atoms with E-state index in [-0.39, 0.29) is 10.9 Å². The van der Waals surface area contributed by atoms with Crippen LogP contribution >= 0.6 is 0 Å². The van der Waals surface area contributed by atoms with Crippen molar-refractivity contribution in [3.8, 4) is 0 Å². The minimum Gasteiger partial charge on any atom is -0.250 e. The van der Waals surface area contributed by atoms with Crippen LogP contribution in [0.1, 0.15) is 11.1 Å². The summed E-state index contributed by atoms with van der Waals surface area (Å²) in [4.78, 5) is 3.66. The van der Waals surface area contributed by atoms with E-state index in [9.17, 15) is 8.42 Å². The molecule has 90 valence electrons. The first-order valence-corrected chi connectivity index (χ1v) is 6.87. The Kier molecular flexibility index (Phi) is 3.23. The first-order chi connectivity index (χ1) is 8.08. The van der Waals surface area contributed by atoms with Gasteiger partial charge in [-0.05, 0) is 18.9 Å². The summed E-state index contributed by atoms with van der Waals surface area (Å²) in [6.45, 7) is 2.00. The van der Waals surface area contributed by atoms with Crippen LogP contribution in [0.4, 0.5) is 0 Å². The Bertz CT molecular complexity index is 574. The molecular formula is C11H13N3O2S. The molecule has 0 radical (unpaired) electrons. The average Bonchev–Trinajstić information content (AvgIpc) is 2.82. The van der Waals surface area contributed by atoms with Crippen LogP contribution < -0.4 is 0 Å². The minimum atomic E-state index is -3.35. The lowest BCUT2D eigenvalue weighted by Gasteiger charge is -2.02. The molecule has 17 heavy (non-hydrogen) atoms. The smallest absolute Gasteiger partial charge is 0.242 e. The monoisotopic (exact) mass is 251 g/mol. The predicted molar refractivity (Wildman–Crippen MR) is 63.3 cm³/mol. The van der Waals surface area contributed by atoms with Gasteiger partial charge in [0.1, 0.15) is 6.33 Å². The van der Waals surface area contributed by atoms with E-state index in [0.717, 1.165) is 11.1 Å². The van der Waals surface area contributed by atoms with Crippen molar-refractivity contribution < 1.29 is 8.42 Å². The number of aromatic amines is 1. The largest absolute Gasteiger partial charge is 0.250 e. The number of rotatable bonds is 4. The molecule has 2 rings (SSSR count). The molecule has 0 amide bonds. The molecule has 2 aromatic rings. The van der Waals surface area contributed by atoms with E-state index >= 15 is 0 Å². The van der Waals surface area contributed by atoms with Crippen molar-refractivity contribution in [2.75, 3.05) is 5.75 Å². The number of benzene rings is 1. The Morgan fingerprint density at radius 1 is 1.24 bits per heavy atom. The normalized spacial score (nSPS) is 11.6. The number of nitrogens with zero attached hydrogens (tertiary/aromatic N) is 2. The number of sulfone groups is 1. The summed E-state index contributed by atoms with van der Waals surface area (Å²) in [5.74, 6) is 0.0330. The summed E-state index contributed by atoms with van der Waals surface area (Å²) in [5, 5.41) is 5.85. The zero-order chi connectivity index (χ0) is 12.3. The van der Waals surface area contributed by atoms with Crippen molar-refractivity contribution in [3.63, 3.8) is 0 Å². The van der Waals surface area contributed by atoms with Gasteiger partial charge < -0.3 is 0 Å². The molecule has 0 atom stereocenters. The fourth-order valence-electron chi connectivity index (χ4n) is 1.45. The summed E-state index contributed by atoms with van der Waals surface area (Å²) in [7, 11) is -3.35. The van der Waals surface area contributed by atoms with Gasteiger partial charge in [0.15, 0.2) is 0 Å². The van der Waals surface area contributed by atoms with Gasteiger partial charge >= 0.3 is 0 Å². The Morgan fingerprint density at radius 2 is 1.94 bits per heavy atom. The van der Waals surface area contributed by atoms with Crippen LogP contribution in [-0.2, 0) is 16.3 Å². The van der Waals surface area contributed by atoms with Crippen LogP contribution in [0.25, 0.3) is 0 Å². The Hall–Kier alpha value is -1.69. The van der Waals surface area contributed by atoms with Crippen LogP contribution in [0.5, 0.6) is 0 Å². The van der Waals surface area contributed by atoms with Crippen LogP contribution in [0.15, 0.2) is 35.7 Å². The van der Waals surface area contributed by atoms with E-state index in [4.69, 9.17) is 0 Å². The van der Waals surface area contributed by atoms with E-state index in [0.29, 0.717) is 6.42 Å². The first kappa shape index (κ1) is 11.8. The van der Waals surface area contributed by atoms with Crippen molar-refractivity contribution in [2.45, 2.75) is 18.5 Å². The fraction of sp³-hybridized carbons (Fsp3) is 0.273. The van der Waals surface area contributed by atoms with Crippen LogP contribution in [0.2, 0.25) is 0 Å². The second-order valence-corrected chi connectivity index (χ2v) is 5.87. The maximum Gasteiger partial charge on any atom is 0.242 e. The van der Waals surface area contributed by atoms with Crippen LogP contribution in [0, 0.1) is 6.92 Å². The minimum absolute atomic E-state index is 0.0330. The molecule has 1 aromatic carbocycles. The Labute approximate surface area is 99.8 Å². The number of hydrogen-bond acceptors (Lipinski definition) is 4. The fourth-order valence-corrected chi connectivity index (χ4v) is 2.55. The van der Waals surface area contributed by atoms with E-state index in [1.807, 2.05) is 31.2 Å². The van der Waals surface area contributed by atoms with Gasteiger partial charge in [0.2, 0.25) is 15.0 Å². The van der Waals surface area contributed by atoms with Gasteiger partial charge in [-0.1, -0.05) is 29.8 Å². The number of nitrogens with one attached hydrogen (secondary N) is 1. The van der Waals surface area contributed by atoms with E-state index in [1.54, 1.807) is 0 Å². The predicted octanol–water partition coefficient (Wildman–Crippen LogP) is 1.13. The summed E-state index contributed by atoms with van der Waals surface area (Å²) < 4.78 is 23.6. The molecule has 1 aromatic heterocycles. The molecule has 1 N–H and O–H groups in total. The van der Waals surface area contributed by atoms with Gasteiger partial charge in [-0.25, -0.2) is 13.4 Å². The first-order valence-electron chi connectivity index (χ1n) is 5.21. The average molecular weight is 251 g/mol. The van der Waals surface area contributed by atoms with E-state index in [2.05, 4.69) is 15.2 Å². The molecule has 0 aliphatic heterocycles. The standard InChI is InChI=1S/C11H13N3O2S/c1-9-2-4-10(5-3-9)6-7-17(15,16)11-12-8-13-14-11/h2-5,8H,6-7H2,1H3,(H,12,13,14). The highest BCUT2D eigenvalue weighted by Crippen LogP contribution is 2.08. The zero-order valence-corrected chi connectivity index (χ0v) is 10.2. The Morgan fingerprint density at radius 3 is 2.53 bits per heavy atom. The van der Waals surface area contributed by atoms with Gasteiger partial charge in [0.05, 0.1) is 5.75 Å². The van der Waals surface area contributed by atoms with Gasteiger partial charge in [-0.3, -0.25) is 5.10 Å². The van der Waals surface area contributed by atoms with Crippen molar-refractivity contribution in [1.29, 1.82) is 0 Å². The highest BCUT2D eigenvalue weighted by atomic mass is 32.2. The topological polar surface area (TPSA) is 75.7 Å². The molecule has 0 fully saturated rings. The number of aryl methyl sites for hydroxylation is 2. The van der Waals surface area contributed by atoms with Crippen molar-refractivity contribution >= 4 is 9.84 Å². The lowest BCUT2D eigenvalue weighted by atomic mass is 10.1.